The van der Waals surface area contributed by atoms with Crippen molar-refractivity contribution in [2.24, 2.45) is 7.05 Å². The topological polar surface area (TPSA) is 86.2 Å². The second kappa shape index (κ2) is 8.64. The van der Waals surface area contributed by atoms with Crippen molar-refractivity contribution in [1.82, 2.24) is 9.88 Å². The fraction of sp³-hybridized carbons (Fsp3) is 0.391. The van der Waals surface area contributed by atoms with Gasteiger partial charge in [-0.3, -0.25) is 9.59 Å². The van der Waals surface area contributed by atoms with E-state index in [1.165, 1.54) is 18.2 Å². The zero-order valence-corrected chi connectivity index (χ0v) is 18.6. The minimum atomic E-state index is -0.423. The lowest BCUT2D eigenvalue weighted by molar-refractivity contribution is -0.875. The average Bonchev–Trinajstić information content (AvgIpc) is 3.15. The third-order valence-corrected chi connectivity index (χ3v) is 6.22. The Morgan fingerprint density at radius 1 is 1.29 bits per heavy atom. The van der Waals surface area contributed by atoms with E-state index in [0.29, 0.717) is 47.7 Å². The summed E-state index contributed by atoms with van der Waals surface area (Å²) in [6.07, 6.45) is 1.69. The van der Waals surface area contributed by atoms with Gasteiger partial charge < -0.3 is 25.1 Å². The first-order valence-corrected chi connectivity index (χ1v) is 10.5. The molecule has 1 aromatic heterocycles. The van der Waals surface area contributed by atoms with Gasteiger partial charge in [0.25, 0.3) is 11.8 Å². The minimum Gasteiger partial charge on any atom is -0.633 e. The van der Waals surface area contributed by atoms with Crippen LogP contribution in [0.4, 0.5) is 10.1 Å². The van der Waals surface area contributed by atoms with Crippen molar-refractivity contribution in [3.63, 3.8) is 0 Å². The number of hydroxylamine groups is 3. The van der Waals surface area contributed by atoms with Crippen molar-refractivity contribution in [2.75, 3.05) is 31.5 Å². The van der Waals surface area contributed by atoms with E-state index in [9.17, 15) is 19.2 Å². The predicted molar refractivity (Wildman–Crippen MR) is 120 cm³/mol. The Balaban J connectivity index is 1.90. The van der Waals surface area contributed by atoms with Gasteiger partial charge in [0, 0.05) is 29.7 Å². The van der Waals surface area contributed by atoms with Gasteiger partial charge in [0.05, 0.1) is 37.3 Å². The number of anilines is 1. The zero-order valence-electron chi connectivity index (χ0n) is 18.6. The van der Waals surface area contributed by atoms with Crippen LogP contribution in [-0.2, 0) is 11.8 Å². The third-order valence-electron chi connectivity index (χ3n) is 6.22. The molecule has 31 heavy (non-hydrogen) atoms. The first kappa shape index (κ1) is 22.7. The monoisotopic (exact) mass is 428 g/mol. The van der Waals surface area contributed by atoms with Gasteiger partial charge in [0.1, 0.15) is 5.82 Å². The number of hydrogen-bond donors (Lipinski definition) is 2. The number of hydrogen-bond acceptors (Lipinski definition) is 3. The maximum atomic E-state index is 13.7. The van der Waals surface area contributed by atoms with Gasteiger partial charge in [-0.05, 0) is 57.5 Å². The van der Waals surface area contributed by atoms with Gasteiger partial charge in [0.2, 0.25) is 0 Å². The molecule has 8 heteroatoms. The quantitative estimate of drug-likeness (QED) is 0.403. The van der Waals surface area contributed by atoms with E-state index in [1.54, 1.807) is 6.08 Å². The van der Waals surface area contributed by atoms with Gasteiger partial charge in [-0.2, -0.15) is 0 Å². The number of aromatic nitrogens is 1. The summed E-state index contributed by atoms with van der Waals surface area (Å²) in [6.45, 7) is 8.83. The molecule has 0 bridgehead atoms. The highest BCUT2D eigenvalue weighted by Gasteiger charge is 2.27. The molecule has 0 atom stereocenters. The molecule has 2 heterocycles. The summed E-state index contributed by atoms with van der Waals surface area (Å²) in [5, 5.41) is 18.0. The number of rotatable bonds is 7. The largest absolute Gasteiger partial charge is 0.633 e. The van der Waals surface area contributed by atoms with E-state index < -0.39 is 5.82 Å². The molecule has 0 radical (unpaired) electrons. The second-order valence-corrected chi connectivity index (χ2v) is 7.90. The Morgan fingerprint density at radius 2 is 1.97 bits per heavy atom. The SMILES string of the molecule is CC[N+]([O-])(CC)CCNC(=O)c1c(C)c(C=C2C(=O)Nc3ccc(F)cc32)n(C)c1C. The summed E-state index contributed by atoms with van der Waals surface area (Å²) in [4.78, 5) is 25.3. The molecule has 0 unspecified atom stereocenters. The molecule has 0 fully saturated rings. The maximum absolute atomic E-state index is 13.7. The number of carbonyl (C=O) groups excluding carboxylic acids is 2. The van der Waals surface area contributed by atoms with Crippen LogP contribution in [0, 0.1) is 24.9 Å². The van der Waals surface area contributed by atoms with Crippen molar-refractivity contribution >= 4 is 29.2 Å². The molecule has 1 aliphatic rings. The highest BCUT2D eigenvalue weighted by Crippen LogP contribution is 2.35. The standard InChI is InChI=1S/C23H29FN4O3/c1-6-28(31,7-2)11-10-25-23(30)21-14(3)20(27(5)15(21)4)13-18-17-12-16(24)8-9-19(17)26-22(18)29/h8-9,12-13H,6-7,10-11H2,1-5H3,(H,25,30)(H,26,29). The summed E-state index contributed by atoms with van der Waals surface area (Å²) < 4.78 is 15.2. The Hall–Kier alpha value is -2.97. The fourth-order valence-corrected chi connectivity index (χ4v) is 3.98. The van der Waals surface area contributed by atoms with Gasteiger partial charge >= 0.3 is 0 Å². The summed E-state index contributed by atoms with van der Waals surface area (Å²) in [6, 6.07) is 4.16. The highest BCUT2D eigenvalue weighted by atomic mass is 19.1. The van der Waals surface area contributed by atoms with Crippen LogP contribution in [0.3, 0.4) is 0 Å². The molecule has 7 nitrogen and oxygen atoms in total. The van der Waals surface area contributed by atoms with Crippen LogP contribution in [-0.4, -0.2) is 47.2 Å². The molecule has 3 rings (SSSR count). The molecule has 2 amide bonds. The van der Waals surface area contributed by atoms with Crippen LogP contribution in [0.5, 0.6) is 0 Å². The Morgan fingerprint density at radius 3 is 2.61 bits per heavy atom. The van der Waals surface area contributed by atoms with E-state index in [1.807, 2.05) is 39.3 Å². The first-order chi connectivity index (χ1) is 14.6. The summed E-state index contributed by atoms with van der Waals surface area (Å²) in [7, 11) is 1.82. The molecule has 0 saturated carbocycles. The number of fused-ring (bicyclic) bond motifs is 1. The summed E-state index contributed by atoms with van der Waals surface area (Å²) in [5.74, 6) is -0.988. The summed E-state index contributed by atoms with van der Waals surface area (Å²) in [5.41, 5.74) is 4.09. The number of nitrogens with one attached hydrogen (secondary N) is 2. The Kier molecular flexibility index (Phi) is 6.33. The van der Waals surface area contributed by atoms with E-state index >= 15 is 0 Å². The molecule has 0 spiro atoms. The zero-order chi connectivity index (χ0) is 22.9. The van der Waals surface area contributed by atoms with E-state index in [4.69, 9.17) is 0 Å². The third kappa shape index (κ3) is 4.26. The van der Waals surface area contributed by atoms with Crippen LogP contribution >= 0.6 is 0 Å². The van der Waals surface area contributed by atoms with Gasteiger partial charge in [-0.1, -0.05) is 0 Å². The average molecular weight is 429 g/mol. The van der Waals surface area contributed by atoms with Crippen LogP contribution in [0.1, 0.15) is 46.7 Å². The molecule has 2 aromatic rings. The molecule has 166 valence electrons. The molecule has 0 saturated heterocycles. The normalized spacial score (nSPS) is 14.7. The van der Waals surface area contributed by atoms with Crippen LogP contribution in [0.15, 0.2) is 18.2 Å². The number of amides is 2. The lowest BCUT2D eigenvalue weighted by Gasteiger charge is -2.41. The van der Waals surface area contributed by atoms with Gasteiger partial charge in [-0.25, -0.2) is 4.39 Å². The number of carbonyl (C=O) groups is 2. The Labute approximate surface area is 181 Å². The van der Waals surface area contributed by atoms with Crippen LogP contribution in [0.2, 0.25) is 0 Å². The van der Waals surface area contributed by atoms with Crippen LogP contribution < -0.4 is 10.6 Å². The number of halogens is 1. The fourth-order valence-electron chi connectivity index (χ4n) is 3.98. The number of nitrogens with zero attached hydrogens (tertiary/aromatic N) is 2. The number of benzene rings is 1. The maximum Gasteiger partial charge on any atom is 0.256 e. The lowest BCUT2D eigenvalue weighted by Crippen LogP contribution is -2.46. The second-order valence-electron chi connectivity index (χ2n) is 7.90. The molecule has 1 aromatic carbocycles. The van der Waals surface area contributed by atoms with Crippen LogP contribution in [0.25, 0.3) is 11.6 Å². The van der Waals surface area contributed by atoms with E-state index in [0.717, 1.165) is 11.3 Å². The molecular weight excluding hydrogens is 399 g/mol. The van der Waals surface area contributed by atoms with Crippen molar-refractivity contribution in [3.05, 3.63) is 57.3 Å². The molecular formula is C23H29FN4O3. The van der Waals surface area contributed by atoms with E-state index in [2.05, 4.69) is 10.6 Å². The molecule has 2 N–H and O–H groups in total. The summed E-state index contributed by atoms with van der Waals surface area (Å²) >= 11 is 0. The van der Waals surface area contributed by atoms with Gasteiger partial charge in [0.15, 0.2) is 0 Å². The lowest BCUT2D eigenvalue weighted by atomic mass is 10.0. The van der Waals surface area contributed by atoms with Gasteiger partial charge in [-0.15, -0.1) is 0 Å². The Bertz CT molecular complexity index is 1070. The van der Waals surface area contributed by atoms with Crippen molar-refractivity contribution in [2.45, 2.75) is 27.7 Å². The highest BCUT2D eigenvalue weighted by molar-refractivity contribution is 6.35. The molecule has 1 aliphatic heterocycles. The first-order valence-electron chi connectivity index (χ1n) is 10.5. The molecule has 0 aliphatic carbocycles. The van der Waals surface area contributed by atoms with Crippen molar-refractivity contribution < 1.29 is 18.6 Å². The number of quaternary nitrogens is 1. The van der Waals surface area contributed by atoms with Crippen molar-refractivity contribution in [1.29, 1.82) is 0 Å². The number of likely N-dealkylation sites (N-methyl/N-ethyl adjacent to an activating group) is 1. The minimum absolute atomic E-state index is 0.253. The van der Waals surface area contributed by atoms with E-state index in [-0.39, 0.29) is 23.0 Å². The predicted octanol–water partition coefficient (Wildman–Crippen LogP) is 3.36. The smallest absolute Gasteiger partial charge is 0.256 e. The van der Waals surface area contributed by atoms with Crippen molar-refractivity contribution in [3.8, 4) is 0 Å².